The van der Waals surface area contributed by atoms with Crippen molar-refractivity contribution in [3.63, 3.8) is 0 Å². The van der Waals surface area contributed by atoms with Crippen molar-refractivity contribution in [3.05, 3.63) is 56.5 Å². The molecule has 0 heterocycles. The van der Waals surface area contributed by atoms with Crippen LogP contribution in [0.15, 0.2) is 40.4 Å². The molecule has 1 amide bonds. The normalized spacial score (nSPS) is 10.8. The van der Waals surface area contributed by atoms with E-state index in [1.54, 1.807) is 37.3 Å². The van der Waals surface area contributed by atoms with Gasteiger partial charge in [-0.05, 0) is 48.4 Å². The number of benzene rings is 2. The molecule has 0 saturated heterocycles. The third kappa shape index (κ3) is 4.37. The second-order valence-corrected chi connectivity index (χ2v) is 6.53. The van der Waals surface area contributed by atoms with Crippen LogP contribution in [0.25, 0.3) is 6.08 Å². The molecule has 0 bridgehead atoms. The highest BCUT2D eigenvalue weighted by molar-refractivity contribution is 9.10. The summed E-state index contributed by atoms with van der Waals surface area (Å²) < 4.78 is 11.1. The molecule has 0 atom stereocenters. The van der Waals surface area contributed by atoms with Crippen molar-refractivity contribution in [2.24, 2.45) is 0 Å². The van der Waals surface area contributed by atoms with Gasteiger partial charge in [0, 0.05) is 15.2 Å². The number of anilines is 1. The van der Waals surface area contributed by atoms with Crippen LogP contribution in [0.5, 0.6) is 11.5 Å². The molecule has 134 valence electrons. The summed E-state index contributed by atoms with van der Waals surface area (Å²) in [5, 5.41) is 12.6. The number of halogens is 2. The molecule has 7 heteroatoms. The Hall–Kier alpha value is -2.49. The van der Waals surface area contributed by atoms with Crippen LogP contribution in [-0.2, 0) is 4.79 Å². The van der Waals surface area contributed by atoms with E-state index in [0.29, 0.717) is 32.2 Å². The summed E-state index contributed by atoms with van der Waals surface area (Å²) in [5.74, 6) is 0.499. The molecule has 0 aliphatic carbocycles. The lowest BCUT2D eigenvalue weighted by Gasteiger charge is -2.11. The number of methoxy groups -OCH3 is 2. The summed E-state index contributed by atoms with van der Waals surface area (Å²) >= 11 is 9.47. The Labute approximate surface area is 165 Å². The molecule has 0 aliphatic heterocycles. The molecular formula is C19H16BrClN2O3. The van der Waals surface area contributed by atoms with Crippen molar-refractivity contribution in [3.8, 4) is 17.6 Å². The van der Waals surface area contributed by atoms with Crippen molar-refractivity contribution in [1.82, 2.24) is 0 Å². The van der Waals surface area contributed by atoms with Gasteiger partial charge in [0.1, 0.15) is 11.6 Å². The summed E-state index contributed by atoms with van der Waals surface area (Å²) in [4.78, 5) is 12.5. The van der Waals surface area contributed by atoms with Crippen molar-refractivity contribution in [2.75, 3.05) is 19.5 Å². The first-order valence-electron chi connectivity index (χ1n) is 7.51. The molecule has 0 spiro atoms. The summed E-state index contributed by atoms with van der Waals surface area (Å²) in [6.07, 6.45) is 1.47. The Kier molecular flexibility index (Phi) is 6.67. The summed E-state index contributed by atoms with van der Waals surface area (Å²) in [6.45, 7) is 1.79. The number of rotatable bonds is 5. The van der Waals surface area contributed by atoms with Gasteiger partial charge >= 0.3 is 0 Å². The third-order valence-electron chi connectivity index (χ3n) is 3.68. The number of nitrogens with one attached hydrogen (secondary N) is 1. The second kappa shape index (κ2) is 8.75. The number of carbonyl (C=O) groups excluding carboxylic acids is 1. The predicted octanol–water partition coefficient (Wildman–Crippen LogP) is 4.97. The molecule has 2 aromatic rings. The summed E-state index contributed by atoms with van der Waals surface area (Å²) in [7, 11) is 3.04. The van der Waals surface area contributed by atoms with E-state index in [1.807, 2.05) is 6.07 Å². The van der Waals surface area contributed by atoms with Crippen LogP contribution in [0.4, 0.5) is 5.69 Å². The van der Waals surface area contributed by atoms with Crippen LogP contribution in [0.3, 0.4) is 0 Å². The summed E-state index contributed by atoms with van der Waals surface area (Å²) in [5.41, 5.74) is 1.83. The molecule has 26 heavy (non-hydrogen) atoms. The average molecular weight is 436 g/mol. The van der Waals surface area contributed by atoms with Gasteiger partial charge in [-0.2, -0.15) is 5.26 Å². The predicted molar refractivity (Wildman–Crippen MR) is 106 cm³/mol. The molecule has 0 radical (unpaired) electrons. The zero-order valence-electron chi connectivity index (χ0n) is 14.4. The third-order valence-corrected chi connectivity index (χ3v) is 4.78. The lowest BCUT2D eigenvalue weighted by atomic mass is 10.1. The molecule has 5 nitrogen and oxygen atoms in total. The molecule has 0 aliphatic rings. The molecule has 0 aromatic heterocycles. The van der Waals surface area contributed by atoms with Crippen molar-refractivity contribution in [1.29, 1.82) is 5.26 Å². The quantitative estimate of drug-likeness (QED) is 0.531. The van der Waals surface area contributed by atoms with Crippen LogP contribution in [0.1, 0.15) is 11.1 Å². The highest BCUT2D eigenvalue weighted by Gasteiger charge is 2.14. The summed E-state index contributed by atoms with van der Waals surface area (Å²) in [6, 6.07) is 10.5. The minimum absolute atomic E-state index is 0.0581. The Balaban J connectivity index is 2.37. The average Bonchev–Trinajstić information content (AvgIpc) is 2.64. The van der Waals surface area contributed by atoms with Crippen LogP contribution in [0.2, 0.25) is 5.02 Å². The number of nitrogens with zero attached hydrogens (tertiary/aromatic N) is 1. The smallest absolute Gasteiger partial charge is 0.266 e. The van der Waals surface area contributed by atoms with Gasteiger partial charge in [0.25, 0.3) is 5.91 Å². The van der Waals surface area contributed by atoms with Gasteiger partial charge in [0.2, 0.25) is 0 Å². The highest BCUT2D eigenvalue weighted by atomic mass is 79.9. The first-order chi connectivity index (χ1) is 12.4. The maximum absolute atomic E-state index is 12.5. The van der Waals surface area contributed by atoms with Gasteiger partial charge < -0.3 is 14.8 Å². The van der Waals surface area contributed by atoms with Gasteiger partial charge in [0.05, 0.1) is 14.2 Å². The number of hydrogen-bond donors (Lipinski definition) is 1. The van der Waals surface area contributed by atoms with E-state index in [-0.39, 0.29) is 5.57 Å². The van der Waals surface area contributed by atoms with Gasteiger partial charge in [0.15, 0.2) is 11.5 Å². The van der Waals surface area contributed by atoms with E-state index in [2.05, 4.69) is 21.2 Å². The van der Waals surface area contributed by atoms with E-state index in [0.717, 1.165) is 5.56 Å². The molecule has 2 aromatic carbocycles. The molecule has 0 fully saturated rings. The number of ether oxygens (including phenoxy) is 2. The number of carbonyl (C=O) groups is 1. The Bertz CT molecular complexity index is 920. The van der Waals surface area contributed by atoms with E-state index < -0.39 is 5.91 Å². The SMILES string of the molecule is COc1cc(Br)c(/C=C(\C#N)C(=O)Nc2cccc(Cl)c2C)cc1OC. The monoisotopic (exact) mass is 434 g/mol. The molecule has 0 saturated carbocycles. The fraction of sp³-hybridized carbons (Fsp3) is 0.158. The molecule has 0 unspecified atom stereocenters. The van der Waals surface area contributed by atoms with Crippen molar-refractivity contribution in [2.45, 2.75) is 6.92 Å². The topological polar surface area (TPSA) is 71.3 Å². The molecule has 2 rings (SSSR count). The first kappa shape index (κ1) is 19.8. The highest BCUT2D eigenvalue weighted by Crippen LogP contribution is 2.34. The first-order valence-corrected chi connectivity index (χ1v) is 8.68. The molecule has 1 N–H and O–H groups in total. The van der Waals surface area contributed by atoms with Crippen LogP contribution in [-0.4, -0.2) is 20.1 Å². The minimum atomic E-state index is -0.528. The Morgan fingerprint density at radius 2 is 1.92 bits per heavy atom. The Morgan fingerprint density at radius 3 is 2.54 bits per heavy atom. The maximum Gasteiger partial charge on any atom is 0.266 e. The van der Waals surface area contributed by atoms with E-state index >= 15 is 0 Å². The van der Waals surface area contributed by atoms with Crippen molar-refractivity contribution < 1.29 is 14.3 Å². The second-order valence-electron chi connectivity index (χ2n) is 5.27. The lowest BCUT2D eigenvalue weighted by molar-refractivity contribution is -0.112. The van der Waals surface area contributed by atoms with E-state index in [4.69, 9.17) is 21.1 Å². The van der Waals surface area contributed by atoms with Gasteiger partial charge in [-0.25, -0.2) is 0 Å². The van der Waals surface area contributed by atoms with Crippen LogP contribution >= 0.6 is 27.5 Å². The zero-order chi connectivity index (χ0) is 19.3. The van der Waals surface area contributed by atoms with Gasteiger partial charge in [-0.15, -0.1) is 0 Å². The number of nitriles is 1. The van der Waals surface area contributed by atoms with Gasteiger partial charge in [-0.3, -0.25) is 4.79 Å². The van der Waals surface area contributed by atoms with E-state index in [9.17, 15) is 10.1 Å². The Morgan fingerprint density at radius 1 is 1.27 bits per heavy atom. The van der Waals surface area contributed by atoms with Crippen LogP contribution < -0.4 is 14.8 Å². The largest absolute Gasteiger partial charge is 0.493 e. The van der Waals surface area contributed by atoms with Crippen LogP contribution in [0, 0.1) is 18.3 Å². The van der Waals surface area contributed by atoms with Gasteiger partial charge in [-0.1, -0.05) is 33.6 Å². The number of hydrogen-bond acceptors (Lipinski definition) is 4. The fourth-order valence-corrected chi connectivity index (χ4v) is 2.83. The molecular weight excluding hydrogens is 420 g/mol. The zero-order valence-corrected chi connectivity index (χ0v) is 16.7. The lowest BCUT2D eigenvalue weighted by Crippen LogP contribution is -2.14. The standard InChI is InChI=1S/C19H16BrClN2O3/c1-11-15(21)5-4-6-16(11)23-19(24)13(10-22)7-12-8-17(25-2)18(26-3)9-14(12)20/h4-9H,1-3H3,(H,23,24)/b13-7+. The van der Waals surface area contributed by atoms with E-state index in [1.165, 1.54) is 20.3 Å². The fourth-order valence-electron chi connectivity index (χ4n) is 2.22. The van der Waals surface area contributed by atoms with Crippen molar-refractivity contribution >= 4 is 45.2 Å². The minimum Gasteiger partial charge on any atom is -0.493 e. The maximum atomic E-state index is 12.5. The number of amides is 1.